The molecule has 6 nitrogen and oxygen atoms in total. The first-order valence-corrected chi connectivity index (χ1v) is 8.58. The average Bonchev–Trinajstić information content (AvgIpc) is 3.02. The van der Waals surface area contributed by atoms with Gasteiger partial charge in [0.2, 0.25) is 0 Å². The van der Waals surface area contributed by atoms with Crippen molar-refractivity contribution < 1.29 is 4.74 Å². The van der Waals surface area contributed by atoms with Crippen LogP contribution in [0.3, 0.4) is 0 Å². The van der Waals surface area contributed by atoms with Crippen LogP contribution in [0.25, 0.3) is 11.4 Å². The molecule has 3 rings (SSSR count). The topological polar surface area (TPSA) is 78.9 Å². The number of ether oxygens (including phenoxy) is 1. The van der Waals surface area contributed by atoms with Gasteiger partial charge in [-0.15, -0.1) is 10.2 Å². The van der Waals surface area contributed by atoms with Gasteiger partial charge in [0, 0.05) is 18.4 Å². The maximum atomic E-state index is 5.73. The van der Waals surface area contributed by atoms with E-state index in [1.807, 2.05) is 42.5 Å². The van der Waals surface area contributed by atoms with Gasteiger partial charge in [-0.1, -0.05) is 48.2 Å². The fraction of sp³-hybridized carbons (Fsp3) is 0.235. The minimum Gasteiger partial charge on any atom is -0.384 e. The van der Waals surface area contributed by atoms with E-state index in [9.17, 15) is 0 Å². The van der Waals surface area contributed by atoms with E-state index in [0.29, 0.717) is 24.7 Å². The molecule has 2 heterocycles. The van der Waals surface area contributed by atoms with Crippen molar-refractivity contribution in [3.8, 4) is 11.4 Å². The minimum atomic E-state index is 0.527. The van der Waals surface area contributed by atoms with E-state index in [-0.39, 0.29) is 0 Å². The van der Waals surface area contributed by atoms with Crippen LogP contribution in [0.15, 0.2) is 53.7 Å². The molecule has 0 spiro atoms. The van der Waals surface area contributed by atoms with Gasteiger partial charge in [0.15, 0.2) is 11.0 Å². The molecule has 2 aromatic heterocycles. The summed E-state index contributed by atoms with van der Waals surface area (Å²) in [6.07, 6.45) is 0. The molecule has 0 aliphatic rings. The Bertz CT molecular complexity index is 791. The number of nitrogens with zero attached hydrogens (tertiary/aromatic N) is 4. The van der Waals surface area contributed by atoms with E-state index in [1.54, 1.807) is 24.9 Å². The van der Waals surface area contributed by atoms with Crippen LogP contribution >= 0.6 is 11.8 Å². The van der Waals surface area contributed by atoms with E-state index >= 15 is 0 Å². The normalized spacial score (nSPS) is 10.9. The molecule has 0 saturated heterocycles. The van der Waals surface area contributed by atoms with Crippen LogP contribution in [-0.2, 0) is 17.0 Å². The number of anilines is 1. The SMILES string of the molecule is COCCn1c(SCc2cccc(N)n2)nnc1-c1ccccc1. The zero-order chi connectivity index (χ0) is 16.8. The van der Waals surface area contributed by atoms with Gasteiger partial charge in [0.1, 0.15) is 5.82 Å². The van der Waals surface area contributed by atoms with Gasteiger partial charge in [-0.05, 0) is 12.1 Å². The Hall–Kier alpha value is -2.38. The minimum absolute atomic E-state index is 0.527. The van der Waals surface area contributed by atoms with Crippen molar-refractivity contribution in [2.75, 3.05) is 19.5 Å². The lowest BCUT2D eigenvalue weighted by Crippen LogP contribution is -2.07. The molecule has 2 N–H and O–H groups in total. The molecular weight excluding hydrogens is 322 g/mol. The lowest BCUT2D eigenvalue weighted by molar-refractivity contribution is 0.185. The highest BCUT2D eigenvalue weighted by molar-refractivity contribution is 7.98. The Balaban J connectivity index is 1.83. The van der Waals surface area contributed by atoms with Crippen molar-refractivity contribution in [3.05, 3.63) is 54.2 Å². The van der Waals surface area contributed by atoms with Crippen molar-refractivity contribution in [1.29, 1.82) is 0 Å². The first kappa shape index (κ1) is 16.5. The number of rotatable bonds is 7. The zero-order valence-corrected chi connectivity index (χ0v) is 14.2. The van der Waals surface area contributed by atoms with Crippen molar-refractivity contribution in [1.82, 2.24) is 19.7 Å². The number of hydrogen-bond donors (Lipinski definition) is 1. The Morgan fingerprint density at radius 3 is 2.67 bits per heavy atom. The summed E-state index contributed by atoms with van der Waals surface area (Å²) in [4.78, 5) is 4.32. The molecule has 3 aromatic rings. The third-order valence-electron chi connectivity index (χ3n) is 3.45. The van der Waals surface area contributed by atoms with Crippen molar-refractivity contribution in [3.63, 3.8) is 0 Å². The lowest BCUT2D eigenvalue weighted by atomic mass is 10.2. The summed E-state index contributed by atoms with van der Waals surface area (Å²) in [6.45, 7) is 1.29. The number of methoxy groups -OCH3 is 1. The van der Waals surface area contributed by atoms with E-state index < -0.39 is 0 Å². The number of nitrogen functional groups attached to an aromatic ring is 1. The van der Waals surface area contributed by atoms with Gasteiger partial charge in [0.25, 0.3) is 0 Å². The molecule has 0 radical (unpaired) electrons. The molecule has 0 bridgehead atoms. The standard InChI is InChI=1S/C17H19N5OS/c1-23-11-10-22-16(13-6-3-2-4-7-13)20-21-17(22)24-12-14-8-5-9-15(18)19-14/h2-9H,10-12H2,1H3,(H2,18,19). The van der Waals surface area contributed by atoms with Crippen LogP contribution in [0.5, 0.6) is 0 Å². The fourth-order valence-corrected chi connectivity index (χ4v) is 3.17. The molecule has 24 heavy (non-hydrogen) atoms. The van der Waals surface area contributed by atoms with E-state index in [2.05, 4.69) is 19.7 Å². The predicted octanol–water partition coefficient (Wildman–Crippen LogP) is 2.86. The Morgan fingerprint density at radius 1 is 1.08 bits per heavy atom. The number of nitrogens with two attached hydrogens (primary N) is 1. The van der Waals surface area contributed by atoms with Crippen LogP contribution in [0.2, 0.25) is 0 Å². The molecule has 7 heteroatoms. The molecule has 0 atom stereocenters. The Morgan fingerprint density at radius 2 is 1.92 bits per heavy atom. The summed E-state index contributed by atoms with van der Waals surface area (Å²) in [7, 11) is 1.69. The number of thioether (sulfide) groups is 1. The maximum absolute atomic E-state index is 5.73. The smallest absolute Gasteiger partial charge is 0.191 e. The molecule has 0 aliphatic carbocycles. The molecule has 0 amide bonds. The van der Waals surface area contributed by atoms with Gasteiger partial charge >= 0.3 is 0 Å². The molecule has 1 aromatic carbocycles. The summed E-state index contributed by atoms with van der Waals surface area (Å²) in [5.74, 6) is 2.06. The van der Waals surface area contributed by atoms with Crippen molar-refractivity contribution in [2.24, 2.45) is 0 Å². The zero-order valence-electron chi connectivity index (χ0n) is 13.4. The third-order valence-corrected chi connectivity index (χ3v) is 4.45. The van der Waals surface area contributed by atoms with Gasteiger partial charge < -0.3 is 10.5 Å². The van der Waals surface area contributed by atoms with Crippen molar-refractivity contribution in [2.45, 2.75) is 17.5 Å². The van der Waals surface area contributed by atoms with E-state index in [1.165, 1.54) is 0 Å². The predicted molar refractivity (Wildman–Crippen MR) is 95.5 cm³/mol. The molecule has 124 valence electrons. The number of benzene rings is 1. The van der Waals surface area contributed by atoms with Crippen LogP contribution in [0, 0.1) is 0 Å². The molecule has 0 fully saturated rings. The second kappa shape index (κ2) is 7.94. The lowest BCUT2D eigenvalue weighted by Gasteiger charge is -2.09. The summed E-state index contributed by atoms with van der Waals surface area (Å²) in [5, 5.41) is 9.55. The molecular formula is C17H19N5OS. The second-order valence-corrected chi connectivity index (χ2v) is 6.10. The summed E-state index contributed by atoms with van der Waals surface area (Å²) in [5.41, 5.74) is 7.69. The van der Waals surface area contributed by atoms with Gasteiger partial charge in [0.05, 0.1) is 18.8 Å². The maximum Gasteiger partial charge on any atom is 0.191 e. The quantitative estimate of drug-likeness (QED) is 0.666. The molecule has 0 unspecified atom stereocenters. The largest absolute Gasteiger partial charge is 0.384 e. The molecule has 0 saturated carbocycles. The first-order valence-electron chi connectivity index (χ1n) is 7.59. The third kappa shape index (κ3) is 3.93. The summed E-state index contributed by atoms with van der Waals surface area (Å²) < 4.78 is 7.30. The second-order valence-electron chi connectivity index (χ2n) is 5.16. The van der Waals surface area contributed by atoms with Crippen LogP contribution in [-0.4, -0.2) is 33.5 Å². The average molecular weight is 341 g/mol. The van der Waals surface area contributed by atoms with Gasteiger partial charge in [-0.25, -0.2) is 4.98 Å². The highest BCUT2D eigenvalue weighted by Gasteiger charge is 2.14. The number of pyridine rings is 1. The van der Waals surface area contributed by atoms with Crippen LogP contribution < -0.4 is 5.73 Å². The van der Waals surface area contributed by atoms with Crippen LogP contribution in [0.4, 0.5) is 5.82 Å². The summed E-state index contributed by atoms with van der Waals surface area (Å²) >= 11 is 1.59. The van der Waals surface area contributed by atoms with E-state index in [4.69, 9.17) is 10.5 Å². The highest BCUT2D eigenvalue weighted by Crippen LogP contribution is 2.26. The Kier molecular flexibility index (Phi) is 5.45. The van der Waals surface area contributed by atoms with Crippen molar-refractivity contribution >= 4 is 17.6 Å². The first-order chi connectivity index (χ1) is 11.8. The molecule has 0 aliphatic heterocycles. The fourth-order valence-electron chi connectivity index (χ4n) is 2.30. The van der Waals surface area contributed by atoms with Gasteiger partial charge in [-0.3, -0.25) is 4.57 Å². The summed E-state index contributed by atoms with van der Waals surface area (Å²) in [6, 6.07) is 15.7. The van der Waals surface area contributed by atoms with E-state index in [0.717, 1.165) is 22.2 Å². The van der Waals surface area contributed by atoms with Gasteiger partial charge in [-0.2, -0.15) is 0 Å². The Labute approximate surface area is 145 Å². The monoisotopic (exact) mass is 341 g/mol. The van der Waals surface area contributed by atoms with Crippen LogP contribution in [0.1, 0.15) is 5.69 Å². The number of aromatic nitrogens is 4. The highest BCUT2D eigenvalue weighted by atomic mass is 32.2. The number of hydrogen-bond acceptors (Lipinski definition) is 6.